The number of carbonyl (C=O) groups excluding carboxylic acids is 2. The van der Waals surface area contributed by atoms with E-state index in [4.69, 9.17) is 16.3 Å². The molecule has 2 amide bonds. The summed E-state index contributed by atoms with van der Waals surface area (Å²) in [4.78, 5) is 29.1. The van der Waals surface area contributed by atoms with Crippen molar-refractivity contribution in [2.75, 3.05) is 30.3 Å². The quantitative estimate of drug-likeness (QED) is 0.270. The van der Waals surface area contributed by atoms with Crippen LogP contribution in [0.4, 0.5) is 5.69 Å². The van der Waals surface area contributed by atoms with Crippen molar-refractivity contribution < 1.29 is 22.7 Å². The number of hydrogen-bond acceptors (Lipinski definition) is 6. The lowest BCUT2D eigenvalue weighted by Crippen LogP contribution is -2.51. The first-order valence-corrected chi connectivity index (χ1v) is 15.9. The molecule has 0 spiro atoms. The van der Waals surface area contributed by atoms with Gasteiger partial charge in [0.25, 0.3) is 10.0 Å². The zero-order chi connectivity index (χ0) is 29.3. The largest absolute Gasteiger partial charge is 0.492 e. The molecule has 214 valence electrons. The zero-order valence-electron chi connectivity index (χ0n) is 23.0. The number of anilines is 1. The lowest BCUT2D eigenvalue weighted by atomic mass is 10.1. The average molecular weight is 604 g/mol. The van der Waals surface area contributed by atoms with E-state index in [1.54, 1.807) is 81.4 Å². The first-order chi connectivity index (χ1) is 19.1. The van der Waals surface area contributed by atoms with Gasteiger partial charge in [-0.05, 0) is 81.1 Å². The lowest BCUT2D eigenvalue weighted by molar-refractivity contribution is -0.139. The summed E-state index contributed by atoms with van der Waals surface area (Å²) >= 11 is 7.53. The van der Waals surface area contributed by atoms with E-state index >= 15 is 0 Å². The molecule has 8 nitrogen and oxygen atoms in total. The summed E-state index contributed by atoms with van der Waals surface area (Å²) in [6.07, 6.45) is 1.90. The summed E-state index contributed by atoms with van der Waals surface area (Å²) in [5.74, 6) is -0.575. The van der Waals surface area contributed by atoms with Crippen molar-refractivity contribution in [1.82, 2.24) is 10.2 Å². The van der Waals surface area contributed by atoms with Gasteiger partial charge in [-0.15, -0.1) is 11.8 Å². The first kappa shape index (κ1) is 31.3. The molecule has 0 bridgehead atoms. The summed E-state index contributed by atoms with van der Waals surface area (Å²) < 4.78 is 34.9. The van der Waals surface area contributed by atoms with Crippen LogP contribution >= 0.6 is 23.4 Å². The van der Waals surface area contributed by atoms with Gasteiger partial charge in [-0.3, -0.25) is 13.9 Å². The van der Waals surface area contributed by atoms with Crippen LogP contribution in [-0.4, -0.2) is 57.1 Å². The topological polar surface area (TPSA) is 96.0 Å². The van der Waals surface area contributed by atoms with Crippen LogP contribution in [0.2, 0.25) is 5.02 Å². The van der Waals surface area contributed by atoms with E-state index in [0.717, 1.165) is 14.8 Å². The first-order valence-electron chi connectivity index (χ1n) is 12.8. The highest BCUT2D eigenvalue weighted by Crippen LogP contribution is 2.33. The van der Waals surface area contributed by atoms with E-state index < -0.39 is 28.5 Å². The molecular formula is C29H34ClN3O5S2. The molecule has 0 unspecified atom stereocenters. The maximum Gasteiger partial charge on any atom is 0.264 e. The summed E-state index contributed by atoms with van der Waals surface area (Å²) in [6.45, 7) is 5.43. The van der Waals surface area contributed by atoms with Gasteiger partial charge in [0.05, 0.1) is 17.2 Å². The van der Waals surface area contributed by atoms with Crippen molar-refractivity contribution in [3.8, 4) is 5.75 Å². The van der Waals surface area contributed by atoms with Crippen LogP contribution in [0.25, 0.3) is 0 Å². The molecule has 1 N–H and O–H groups in total. The Hall–Kier alpha value is -3.21. The van der Waals surface area contributed by atoms with Crippen molar-refractivity contribution in [3.05, 3.63) is 83.4 Å². The standard InChI is InChI=1S/C29H34ClN3O5S2/c1-5-31-29(35)21(3)32(19-22-11-13-23(30)14-12-22)28(34)20-33(26-9-7-8-10-27(26)38-6-2)40(36,37)25-17-15-24(39-4)16-18-25/h7-18,21H,5-6,19-20H2,1-4H3,(H,31,35)/t21-/m1/s1. The van der Waals surface area contributed by atoms with Crippen LogP contribution in [0.3, 0.4) is 0 Å². The minimum Gasteiger partial charge on any atom is -0.492 e. The number of likely N-dealkylation sites (N-methyl/N-ethyl adjacent to an activating group) is 1. The Labute approximate surface area is 245 Å². The molecule has 0 fully saturated rings. The summed E-state index contributed by atoms with van der Waals surface area (Å²) in [5, 5.41) is 3.28. The highest BCUT2D eigenvalue weighted by atomic mass is 35.5. The molecule has 11 heteroatoms. The van der Waals surface area contributed by atoms with Gasteiger partial charge in [-0.1, -0.05) is 35.9 Å². The predicted octanol–water partition coefficient (Wildman–Crippen LogP) is 5.21. The maximum atomic E-state index is 14.0. The van der Waals surface area contributed by atoms with Gasteiger partial charge in [0, 0.05) is 23.0 Å². The van der Waals surface area contributed by atoms with Gasteiger partial charge in [0.2, 0.25) is 11.8 Å². The van der Waals surface area contributed by atoms with Crippen molar-refractivity contribution in [1.29, 1.82) is 0 Å². The highest BCUT2D eigenvalue weighted by molar-refractivity contribution is 7.98. The second kappa shape index (κ2) is 14.4. The summed E-state index contributed by atoms with van der Waals surface area (Å²) in [5.41, 5.74) is 0.967. The third-order valence-corrected chi connectivity index (χ3v) is 8.91. The fourth-order valence-corrected chi connectivity index (χ4v) is 5.98. The predicted molar refractivity (Wildman–Crippen MR) is 161 cm³/mol. The number of benzene rings is 3. The van der Waals surface area contributed by atoms with Crippen molar-refractivity contribution in [2.24, 2.45) is 0 Å². The van der Waals surface area contributed by atoms with Gasteiger partial charge in [0.15, 0.2) is 0 Å². The third kappa shape index (κ3) is 7.71. The van der Waals surface area contributed by atoms with Crippen LogP contribution in [0.5, 0.6) is 5.75 Å². The Kier molecular flexibility index (Phi) is 11.3. The molecule has 3 aromatic rings. The van der Waals surface area contributed by atoms with E-state index in [1.807, 2.05) is 6.26 Å². The van der Waals surface area contributed by atoms with Crippen LogP contribution in [0, 0.1) is 0 Å². The second-order valence-corrected chi connectivity index (χ2v) is 12.0. The molecule has 0 aromatic heterocycles. The number of para-hydroxylation sites is 2. The number of ether oxygens (including phenoxy) is 1. The van der Waals surface area contributed by atoms with Crippen LogP contribution in [-0.2, 0) is 26.2 Å². The number of halogens is 1. The maximum absolute atomic E-state index is 14.0. The average Bonchev–Trinajstić information content (AvgIpc) is 2.95. The highest BCUT2D eigenvalue weighted by Gasteiger charge is 2.33. The monoisotopic (exact) mass is 603 g/mol. The Morgan fingerprint density at radius 2 is 1.65 bits per heavy atom. The SMILES string of the molecule is CCNC(=O)[C@@H](C)N(Cc1ccc(Cl)cc1)C(=O)CN(c1ccccc1OCC)S(=O)(=O)c1ccc(SC)cc1. The van der Waals surface area contributed by atoms with Crippen molar-refractivity contribution >= 4 is 50.9 Å². The fraction of sp³-hybridized carbons (Fsp3) is 0.310. The molecule has 0 saturated carbocycles. The lowest BCUT2D eigenvalue weighted by Gasteiger charge is -2.32. The number of thioether (sulfide) groups is 1. The third-order valence-electron chi connectivity index (χ3n) is 6.14. The Bertz CT molecular complexity index is 1400. The Morgan fingerprint density at radius 1 is 1.00 bits per heavy atom. The van der Waals surface area contributed by atoms with E-state index in [-0.39, 0.29) is 23.0 Å². The molecule has 0 aliphatic carbocycles. The number of nitrogens with zero attached hydrogens (tertiary/aromatic N) is 2. The van der Waals surface area contributed by atoms with E-state index in [9.17, 15) is 18.0 Å². The van der Waals surface area contributed by atoms with Gasteiger partial charge < -0.3 is 15.0 Å². The van der Waals surface area contributed by atoms with Gasteiger partial charge >= 0.3 is 0 Å². The van der Waals surface area contributed by atoms with Crippen LogP contribution in [0.15, 0.2) is 82.6 Å². The van der Waals surface area contributed by atoms with Gasteiger partial charge in [-0.25, -0.2) is 8.42 Å². The van der Waals surface area contributed by atoms with Crippen LogP contribution in [0.1, 0.15) is 26.3 Å². The molecule has 0 aliphatic rings. The van der Waals surface area contributed by atoms with E-state index in [2.05, 4.69) is 5.32 Å². The summed E-state index contributed by atoms with van der Waals surface area (Å²) in [7, 11) is -4.20. The van der Waals surface area contributed by atoms with E-state index in [1.165, 1.54) is 28.8 Å². The number of rotatable bonds is 13. The smallest absolute Gasteiger partial charge is 0.264 e. The number of amides is 2. The molecular weight excluding hydrogens is 570 g/mol. The molecule has 0 saturated heterocycles. The zero-order valence-corrected chi connectivity index (χ0v) is 25.4. The number of nitrogens with one attached hydrogen (secondary N) is 1. The minimum atomic E-state index is -4.20. The second-order valence-electron chi connectivity index (χ2n) is 8.81. The van der Waals surface area contributed by atoms with Crippen LogP contribution < -0.4 is 14.4 Å². The minimum absolute atomic E-state index is 0.0328. The molecule has 0 aliphatic heterocycles. The van der Waals surface area contributed by atoms with Crippen molar-refractivity contribution in [2.45, 2.75) is 43.1 Å². The summed E-state index contributed by atoms with van der Waals surface area (Å²) in [6, 6.07) is 19.2. The molecule has 0 radical (unpaired) electrons. The van der Waals surface area contributed by atoms with Gasteiger partial charge in [0.1, 0.15) is 18.3 Å². The Balaban J connectivity index is 2.08. The fourth-order valence-electron chi connectivity index (χ4n) is 4.02. The van der Waals surface area contributed by atoms with Crippen molar-refractivity contribution in [3.63, 3.8) is 0 Å². The van der Waals surface area contributed by atoms with E-state index in [0.29, 0.717) is 23.9 Å². The molecule has 1 atom stereocenters. The molecule has 40 heavy (non-hydrogen) atoms. The number of carbonyl (C=O) groups is 2. The van der Waals surface area contributed by atoms with Gasteiger partial charge in [-0.2, -0.15) is 0 Å². The molecule has 3 rings (SSSR count). The normalized spacial score (nSPS) is 11.9. The number of sulfonamides is 1. The molecule has 3 aromatic carbocycles. The molecule has 0 heterocycles. The Morgan fingerprint density at radius 3 is 2.25 bits per heavy atom. The number of hydrogen-bond donors (Lipinski definition) is 1.